The number of aromatic nitrogens is 1. The zero-order chi connectivity index (χ0) is 16.7. The second-order valence-electron chi connectivity index (χ2n) is 5.84. The van der Waals surface area contributed by atoms with Crippen molar-refractivity contribution in [3.8, 4) is 0 Å². The van der Waals surface area contributed by atoms with Gasteiger partial charge in [0.2, 0.25) is 0 Å². The SMILES string of the molecule is CN(C(=O)Nc1nc2c(s1)C(=O)CC(C)(C)C2)C(=O)C(=O)O.[LiH].[LiH]. The number of Topliss-reactive ketones (excluding diaryl/α,β-unsaturated/α-hetero) is 1. The molecule has 24 heavy (non-hydrogen) atoms. The zero-order valence-electron chi connectivity index (χ0n) is 12.3. The average Bonchev–Trinajstić information content (AvgIpc) is 2.77. The first-order chi connectivity index (χ1) is 10.1. The van der Waals surface area contributed by atoms with Gasteiger partial charge in [0.05, 0.1) is 10.6 Å². The van der Waals surface area contributed by atoms with E-state index in [2.05, 4.69) is 10.3 Å². The first-order valence-electron chi connectivity index (χ1n) is 6.45. The summed E-state index contributed by atoms with van der Waals surface area (Å²) in [5, 5.41) is 11.1. The summed E-state index contributed by atoms with van der Waals surface area (Å²) < 4.78 is 0. The number of ketones is 1. The number of amides is 3. The van der Waals surface area contributed by atoms with Crippen molar-refractivity contribution >= 4 is 77.9 Å². The number of rotatable bonds is 1. The number of carbonyl (C=O) groups is 4. The van der Waals surface area contributed by atoms with Crippen LogP contribution < -0.4 is 5.32 Å². The number of anilines is 1. The van der Waals surface area contributed by atoms with Gasteiger partial charge in [-0.3, -0.25) is 19.8 Å². The summed E-state index contributed by atoms with van der Waals surface area (Å²) in [4.78, 5) is 50.7. The molecule has 1 heterocycles. The number of carboxylic acids is 1. The number of urea groups is 1. The third kappa shape index (κ3) is 4.95. The van der Waals surface area contributed by atoms with E-state index < -0.39 is 17.9 Å². The number of aliphatic carboxylic acids is 1. The van der Waals surface area contributed by atoms with Gasteiger partial charge in [-0.25, -0.2) is 14.6 Å². The average molecular weight is 341 g/mol. The molecule has 1 aromatic heterocycles. The number of thiazole rings is 1. The van der Waals surface area contributed by atoms with Crippen molar-refractivity contribution in [3.05, 3.63) is 10.6 Å². The molecule has 0 radical (unpaired) electrons. The van der Waals surface area contributed by atoms with Gasteiger partial charge in [-0.2, -0.15) is 0 Å². The summed E-state index contributed by atoms with van der Waals surface area (Å²) in [6.45, 7) is 3.93. The molecule has 3 amide bonds. The Labute approximate surface area is 166 Å². The van der Waals surface area contributed by atoms with Gasteiger partial charge < -0.3 is 5.11 Å². The fourth-order valence-electron chi connectivity index (χ4n) is 2.18. The first kappa shape index (κ1) is 22.9. The van der Waals surface area contributed by atoms with Crippen molar-refractivity contribution in [1.82, 2.24) is 9.88 Å². The number of nitrogens with one attached hydrogen (secondary N) is 1. The summed E-state index contributed by atoms with van der Waals surface area (Å²) in [7, 11) is 1.05. The third-order valence-electron chi connectivity index (χ3n) is 3.24. The standard InChI is InChI=1S/C13H15N3O5S.2Li.2H/c1-13(2)4-6-8(7(17)5-13)22-11(14-6)15-12(21)16(3)9(18)10(19)20;;;;/h4-5H2,1-3H3,(H,19,20)(H,14,15,21);;;;. The Kier molecular flexibility index (Phi) is 7.95. The van der Waals surface area contributed by atoms with E-state index in [0.717, 1.165) is 18.4 Å². The van der Waals surface area contributed by atoms with Gasteiger partial charge in [0, 0.05) is 13.5 Å². The van der Waals surface area contributed by atoms with Gasteiger partial charge in [-0.15, -0.1) is 0 Å². The van der Waals surface area contributed by atoms with Crippen LogP contribution in [-0.2, 0) is 16.0 Å². The molecule has 1 aromatic rings. The molecule has 1 aliphatic carbocycles. The number of carboxylic acid groups (broad SMARTS) is 1. The minimum atomic E-state index is -1.73. The van der Waals surface area contributed by atoms with Crippen LogP contribution in [0, 0.1) is 5.41 Å². The Bertz CT molecular complexity index is 689. The van der Waals surface area contributed by atoms with Gasteiger partial charge in [0.25, 0.3) is 0 Å². The zero-order valence-corrected chi connectivity index (χ0v) is 13.1. The molecule has 0 fully saturated rings. The number of likely N-dealkylation sites (N-methyl/N-ethyl adjacent to an activating group) is 1. The Balaban J connectivity index is 0.00000264. The van der Waals surface area contributed by atoms with Crippen LogP contribution in [0.15, 0.2) is 0 Å². The molecular weight excluding hydrogens is 324 g/mol. The van der Waals surface area contributed by atoms with Crippen LogP contribution in [0.3, 0.4) is 0 Å². The Morgan fingerprint density at radius 3 is 2.38 bits per heavy atom. The molecule has 11 heteroatoms. The van der Waals surface area contributed by atoms with Crippen LogP contribution in [0.25, 0.3) is 0 Å². The molecule has 0 saturated carbocycles. The van der Waals surface area contributed by atoms with Crippen LogP contribution in [0.4, 0.5) is 9.93 Å². The van der Waals surface area contributed by atoms with Crippen molar-refractivity contribution in [2.45, 2.75) is 26.7 Å². The van der Waals surface area contributed by atoms with Crippen LogP contribution in [-0.4, -0.2) is 83.5 Å². The number of hydrogen-bond acceptors (Lipinski definition) is 6. The number of carbonyl (C=O) groups excluding carboxylic acids is 3. The van der Waals surface area contributed by atoms with Crippen LogP contribution in [0.5, 0.6) is 0 Å². The molecule has 0 aliphatic heterocycles. The summed E-state index contributed by atoms with van der Waals surface area (Å²) in [5.74, 6) is -3.11. The molecule has 2 rings (SSSR count). The second-order valence-corrected chi connectivity index (χ2v) is 6.83. The molecule has 8 nitrogen and oxygen atoms in total. The van der Waals surface area contributed by atoms with Crippen molar-refractivity contribution < 1.29 is 24.3 Å². The number of nitrogens with zero attached hydrogens (tertiary/aromatic N) is 2. The van der Waals surface area contributed by atoms with Crippen molar-refractivity contribution in [3.63, 3.8) is 0 Å². The van der Waals surface area contributed by atoms with E-state index in [9.17, 15) is 19.2 Å². The molecule has 0 atom stereocenters. The van der Waals surface area contributed by atoms with Crippen molar-refractivity contribution in [2.24, 2.45) is 5.41 Å². The van der Waals surface area contributed by atoms with Crippen LogP contribution in [0.2, 0.25) is 0 Å². The van der Waals surface area contributed by atoms with E-state index in [1.807, 2.05) is 13.8 Å². The Morgan fingerprint density at radius 1 is 1.25 bits per heavy atom. The van der Waals surface area contributed by atoms with Crippen molar-refractivity contribution in [1.29, 1.82) is 0 Å². The maximum atomic E-state index is 12.0. The predicted octanol–water partition coefficient (Wildman–Crippen LogP) is 0.0761. The van der Waals surface area contributed by atoms with Gasteiger partial charge in [0.15, 0.2) is 10.9 Å². The van der Waals surface area contributed by atoms with E-state index in [1.54, 1.807) is 0 Å². The summed E-state index contributed by atoms with van der Waals surface area (Å²) in [6, 6.07) is -0.912. The Hall–Kier alpha value is -1.10. The second kappa shape index (κ2) is 8.33. The normalized spacial score (nSPS) is 14.5. The number of hydrogen-bond donors (Lipinski definition) is 2. The van der Waals surface area contributed by atoms with Crippen LogP contribution in [0.1, 0.15) is 35.6 Å². The quantitative estimate of drug-likeness (QED) is 0.552. The molecule has 0 aromatic carbocycles. The van der Waals surface area contributed by atoms with E-state index in [1.165, 1.54) is 0 Å². The van der Waals surface area contributed by atoms with Crippen LogP contribution >= 0.6 is 11.3 Å². The number of imide groups is 1. The molecule has 122 valence electrons. The van der Waals surface area contributed by atoms with Gasteiger partial charge >= 0.3 is 55.6 Å². The van der Waals surface area contributed by atoms with Crippen molar-refractivity contribution in [2.75, 3.05) is 12.4 Å². The molecule has 0 spiro atoms. The topological polar surface area (TPSA) is 117 Å². The van der Waals surface area contributed by atoms with E-state index in [0.29, 0.717) is 28.3 Å². The van der Waals surface area contributed by atoms with Gasteiger partial charge in [-0.05, 0) is 11.8 Å². The van der Waals surface area contributed by atoms with E-state index in [4.69, 9.17) is 5.11 Å². The van der Waals surface area contributed by atoms with E-state index in [-0.39, 0.29) is 54.1 Å². The maximum absolute atomic E-state index is 12.0. The monoisotopic (exact) mass is 341 g/mol. The number of fused-ring (bicyclic) bond motifs is 1. The fourth-order valence-corrected chi connectivity index (χ4v) is 3.09. The fraction of sp³-hybridized carbons (Fsp3) is 0.462. The summed E-state index contributed by atoms with van der Waals surface area (Å²) in [6.07, 6.45) is 1.03. The Morgan fingerprint density at radius 2 is 1.83 bits per heavy atom. The molecule has 1 aliphatic rings. The predicted molar refractivity (Wildman–Crippen MR) is 92.3 cm³/mol. The molecule has 2 N–H and O–H groups in total. The van der Waals surface area contributed by atoms with Gasteiger partial charge in [-0.1, -0.05) is 25.2 Å². The minimum absolute atomic E-state index is 0. The van der Waals surface area contributed by atoms with Gasteiger partial charge in [0.1, 0.15) is 0 Å². The summed E-state index contributed by atoms with van der Waals surface area (Å²) in [5.41, 5.74) is 0.434. The first-order valence-corrected chi connectivity index (χ1v) is 7.27. The third-order valence-corrected chi connectivity index (χ3v) is 4.30. The summed E-state index contributed by atoms with van der Waals surface area (Å²) >= 11 is 1.03. The molecule has 0 bridgehead atoms. The molecule has 0 saturated heterocycles. The molecule has 0 unspecified atom stereocenters. The molecular formula is C13H17Li2N3O5S. The van der Waals surface area contributed by atoms with E-state index >= 15 is 0 Å².